The Morgan fingerprint density at radius 2 is 0.714 bits per heavy atom. The number of ether oxygens (including phenoxy) is 1. The highest BCUT2D eigenvalue weighted by atomic mass is 16.5. The van der Waals surface area contributed by atoms with Gasteiger partial charge < -0.3 is 4.74 Å². The summed E-state index contributed by atoms with van der Waals surface area (Å²) in [5.41, 5.74) is 0. The molecule has 0 heterocycles. The van der Waals surface area contributed by atoms with Gasteiger partial charge in [-0.2, -0.15) is 0 Å². The minimum absolute atomic E-state index is 0.526. The molecule has 0 N–H and O–H groups in total. The molecule has 6 unspecified atom stereocenters. The average Bonchev–Trinajstić information content (AvgIpc) is 3.17. The van der Waals surface area contributed by atoms with Crippen molar-refractivity contribution < 1.29 is 4.74 Å². The SMILES string of the molecule is COC1CCC(N(C2CCC(C3CCC(N(C4CCC(C)CC4)C4CCCC5CCCCC54)CC3)CC2)C2CCCC3CCCCC32)CC1. The first kappa shape index (κ1) is 35.9. The predicted octanol–water partition coefficient (Wildman–Crippen LogP) is 12.0. The van der Waals surface area contributed by atoms with Crippen LogP contribution in [-0.4, -0.2) is 59.3 Å². The summed E-state index contributed by atoms with van der Waals surface area (Å²) >= 11 is 0. The number of methoxy groups -OCH3 is 1. The Kier molecular flexibility index (Phi) is 12.4. The van der Waals surface area contributed by atoms with Crippen LogP contribution in [0.4, 0.5) is 0 Å². The highest BCUT2D eigenvalue weighted by Crippen LogP contribution is 2.50. The van der Waals surface area contributed by atoms with Crippen LogP contribution in [0.15, 0.2) is 0 Å². The van der Waals surface area contributed by atoms with Crippen LogP contribution in [0.5, 0.6) is 0 Å². The quantitative estimate of drug-likeness (QED) is 0.254. The zero-order valence-electron chi connectivity index (χ0n) is 32.6. The largest absolute Gasteiger partial charge is 0.381 e. The van der Waals surface area contributed by atoms with Crippen molar-refractivity contribution in [2.45, 2.75) is 242 Å². The molecule has 0 spiro atoms. The van der Waals surface area contributed by atoms with Crippen LogP contribution in [0.2, 0.25) is 0 Å². The van der Waals surface area contributed by atoms with Crippen molar-refractivity contribution in [2.24, 2.45) is 41.4 Å². The molecule has 8 saturated carbocycles. The van der Waals surface area contributed by atoms with E-state index in [2.05, 4.69) is 16.7 Å². The van der Waals surface area contributed by atoms with Gasteiger partial charge in [0.2, 0.25) is 0 Å². The molecule has 0 bridgehead atoms. The highest BCUT2D eigenvalue weighted by Gasteiger charge is 2.46. The molecule has 49 heavy (non-hydrogen) atoms. The van der Waals surface area contributed by atoms with E-state index < -0.39 is 0 Å². The summed E-state index contributed by atoms with van der Waals surface area (Å²) in [4.78, 5) is 6.60. The van der Waals surface area contributed by atoms with E-state index in [1.807, 2.05) is 7.11 Å². The topological polar surface area (TPSA) is 15.7 Å². The molecule has 280 valence electrons. The molecule has 8 rings (SSSR count). The lowest BCUT2D eigenvalue weighted by Gasteiger charge is -2.55. The molecular weight excluding hydrogens is 597 g/mol. The van der Waals surface area contributed by atoms with Crippen LogP contribution in [0.3, 0.4) is 0 Å². The predicted molar refractivity (Wildman–Crippen MR) is 206 cm³/mol. The van der Waals surface area contributed by atoms with Gasteiger partial charge in [0.1, 0.15) is 0 Å². The van der Waals surface area contributed by atoms with E-state index in [0.29, 0.717) is 6.10 Å². The number of hydrogen-bond acceptors (Lipinski definition) is 3. The Bertz CT molecular complexity index is 979. The Balaban J connectivity index is 0.905. The van der Waals surface area contributed by atoms with Gasteiger partial charge in [0.15, 0.2) is 0 Å². The van der Waals surface area contributed by atoms with Crippen molar-refractivity contribution in [3.8, 4) is 0 Å². The summed E-state index contributed by atoms with van der Waals surface area (Å²) < 4.78 is 5.87. The molecule has 0 aromatic carbocycles. The van der Waals surface area contributed by atoms with Gasteiger partial charge >= 0.3 is 0 Å². The van der Waals surface area contributed by atoms with Gasteiger partial charge in [-0.25, -0.2) is 0 Å². The first-order valence-corrected chi connectivity index (χ1v) is 23.2. The summed E-state index contributed by atoms with van der Waals surface area (Å²) in [6, 6.07) is 5.37. The van der Waals surface area contributed by atoms with Crippen LogP contribution in [-0.2, 0) is 4.74 Å². The first-order chi connectivity index (χ1) is 24.2. The maximum Gasteiger partial charge on any atom is 0.0572 e. The van der Waals surface area contributed by atoms with Gasteiger partial charge in [0, 0.05) is 43.4 Å². The van der Waals surface area contributed by atoms with E-state index in [4.69, 9.17) is 4.74 Å². The highest BCUT2D eigenvalue weighted by molar-refractivity contribution is 5.00. The van der Waals surface area contributed by atoms with Crippen molar-refractivity contribution in [1.29, 1.82) is 0 Å². The third-order valence-corrected chi connectivity index (χ3v) is 17.6. The van der Waals surface area contributed by atoms with E-state index in [1.54, 1.807) is 57.8 Å². The fourth-order valence-electron chi connectivity index (χ4n) is 15.1. The average molecular weight is 677 g/mol. The molecule has 8 aliphatic carbocycles. The number of fused-ring (bicyclic) bond motifs is 2. The molecule has 3 heteroatoms. The molecule has 0 saturated heterocycles. The Morgan fingerprint density at radius 1 is 0.347 bits per heavy atom. The molecule has 8 fully saturated rings. The van der Waals surface area contributed by atoms with E-state index in [1.165, 1.54) is 135 Å². The fraction of sp³-hybridized carbons (Fsp3) is 1.00. The molecule has 0 aromatic heterocycles. The van der Waals surface area contributed by atoms with Crippen molar-refractivity contribution in [1.82, 2.24) is 9.80 Å². The molecule has 8 aliphatic rings. The number of rotatable bonds is 8. The van der Waals surface area contributed by atoms with Crippen LogP contribution in [0.25, 0.3) is 0 Å². The first-order valence-electron chi connectivity index (χ1n) is 23.2. The third-order valence-electron chi connectivity index (χ3n) is 17.6. The van der Waals surface area contributed by atoms with Gasteiger partial charge in [-0.3, -0.25) is 9.80 Å². The van der Waals surface area contributed by atoms with Crippen molar-refractivity contribution in [3.05, 3.63) is 0 Å². The van der Waals surface area contributed by atoms with Crippen molar-refractivity contribution in [2.75, 3.05) is 7.11 Å². The van der Waals surface area contributed by atoms with Crippen LogP contribution in [0, 0.1) is 41.4 Å². The summed E-state index contributed by atoms with van der Waals surface area (Å²) in [6.07, 6.45) is 45.6. The standard InChI is InChI=1S/C46H80N2O/c1-33-17-23-38(24-18-33)47(45-15-7-11-36-9-3-5-13-43(36)45)39-25-19-34(20-26-39)35-21-27-40(28-22-35)48(41-29-31-42(49-2)32-30-41)46-16-8-12-37-10-4-6-14-44(37)46/h33-46H,3-32H2,1-2H3. The Labute approximate surface area is 304 Å². The second kappa shape index (κ2) is 16.9. The fourth-order valence-corrected chi connectivity index (χ4v) is 15.1. The van der Waals surface area contributed by atoms with Crippen molar-refractivity contribution in [3.63, 3.8) is 0 Å². The number of nitrogens with zero attached hydrogens (tertiary/aromatic N) is 2. The molecule has 3 nitrogen and oxygen atoms in total. The molecule has 6 atom stereocenters. The van der Waals surface area contributed by atoms with Gasteiger partial charge in [-0.05, 0) is 170 Å². The van der Waals surface area contributed by atoms with Gasteiger partial charge in [0.25, 0.3) is 0 Å². The van der Waals surface area contributed by atoms with Gasteiger partial charge in [-0.1, -0.05) is 71.1 Å². The lowest BCUT2D eigenvalue weighted by atomic mass is 9.65. The van der Waals surface area contributed by atoms with Gasteiger partial charge in [-0.15, -0.1) is 0 Å². The van der Waals surface area contributed by atoms with E-state index in [0.717, 1.165) is 77.7 Å². The van der Waals surface area contributed by atoms with Crippen molar-refractivity contribution >= 4 is 0 Å². The zero-order valence-corrected chi connectivity index (χ0v) is 32.6. The summed E-state index contributed by atoms with van der Waals surface area (Å²) in [5, 5.41) is 0. The minimum Gasteiger partial charge on any atom is -0.381 e. The number of hydrogen-bond donors (Lipinski definition) is 0. The summed E-state index contributed by atoms with van der Waals surface area (Å²) in [6.45, 7) is 2.53. The molecule has 0 aromatic rings. The van der Waals surface area contributed by atoms with Crippen LogP contribution < -0.4 is 0 Å². The smallest absolute Gasteiger partial charge is 0.0572 e. The second-order valence-electron chi connectivity index (χ2n) is 20.0. The lowest BCUT2D eigenvalue weighted by Crippen LogP contribution is -2.57. The maximum absolute atomic E-state index is 5.87. The molecular formula is C46H80N2O. The zero-order chi connectivity index (χ0) is 33.2. The normalized spacial score (nSPS) is 47.0. The second-order valence-corrected chi connectivity index (χ2v) is 20.0. The molecule has 0 radical (unpaired) electrons. The summed E-state index contributed by atoms with van der Waals surface area (Å²) in [7, 11) is 1.96. The molecule has 0 amide bonds. The van der Waals surface area contributed by atoms with Gasteiger partial charge in [0.05, 0.1) is 6.10 Å². The third kappa shape index (κ3) is 8.05. The van der Waals surface area contributed by atoms with E-state index >= 15 is 0 Å². The van der Waals surface area contributed by atoms with Crippen LogP contribution in [0.1, 0.15) is 200 Å². The lowest BCUT2D eigenvalue weighted by molar-refractivity contribution is -0.0554. The summed E-state index contributed by atoms with van der Waals surface area (Å²) in [5.74, 6) is 7.19. The monoisotopic (exact) mass is 677 g/mol. The van der Waals surface area contributed by atoms with Crippen LogP contribution >= 0.6 is 0 Å². The Morgan fingerprint density at radius 3 is 1.14 bits per heavy atom. The van der Waals surface area contributed by atoms with E-state index in [9.17, 15) is 0 Å². The molecule has 0 aliphatic heterocycles. The van der Waals surface area contributed by atoms with E-state index in [-0.39, 0.29) is 0 Å². The Hall–Kier alpha value is -0.120. The minimum atomic E-state index is 0.526. The maximum atomic E-state index is 5.87.